The van der Waals surface area contributed by atoms with E-state index in [0.717, 1.165) is 18.4 Å². The van der Waals surface area contributed by atoms with Crippen molar-refractivity contribution in [2.45, 2.75) is 37.3 Å². The molecule has 0 aliphatic heterocycles. The molecule has 4 nitrogen and oxygen atoms in total. The SMILES string of the molecule is COc1cccc(OC)c1C1(O)CCC(N)CC1. The van der Waals surface area contributed by atoms with Crippen molar-refractivity contribution in [1.29, 1.82) is 0 Å². The second-order valence-corrected chi connectivity index (χ2v) is 4.91. The van der Waals surface area contributed by atoms with Gasteiger partial charge in [-0.05, 0) is 37.8 Å². The fourth-order valence-electron chi connectivity index (χ4n) is 2.68. The highest BCUT2D eigenvalue weighted by molar-refractivity contribution is 5.48. The summed E-state index contributed by atoms with van der Waals surface area (Å²) in [7, 11) is 3.21. The molecule has 1 aromatic carbocycles. The third-order valence-corrected chi connectivity index (χ3v) is 3.75. The van der Waals surface area contributed by atoms with Crippen LogP contribution >= 0.6 is 0 Å². The van der Waals surface area contributed by atoms with Crippen LogP contribution in [-0.4, -0.2) is 25.4 Å². The Labute approximate surface area is 108 Å². The molecule has 0 aromatic heterocycles. The molecule has 100 valence electrons. The van der Waals surface area contributed by atoms with Gasteiger partial charge < -0.3 is 20.3 Å². The third kappa shape index (κ3) is 2.31. The van der Waals surface area contributed by atoms with Gasteiger partial charge in [-0.1, -0.05) is 6.07 Å². The van der Waals surface area contributed by atoms with Gasteiger partial charge in [-0.25, -0.2) is 0 Å². The van der Waals surface area contributed by atoms with Gasteiger partial charge in [0.25, 0.3) is 0 Å². The summed E-state index contributed by atoms with van der Waals surface area (Å²) in [6, 6.07) is 5.75. The molecular weight excluding hydrogens is 230 g/mol. The lowest BCUT2D eigenvalue weighted by molar-refractivity contribution is -0.00877. The van der Waals surface area contributed by atoms with Crippen LogP contribution in [0.1, 0.15) is 31.2 Å². The van der Waals surface area contributed by atoms with Crippen molar-refractivity contribution in [3.05, 3.63) is 23.8 Å². The number of benzene rings is 1. The van der Waals surface area contributed by atoms with Crippen molar-refractivity contribution in [3.63, 3.8) is 0 Å². The van der Waals surface area contributed by atoms with Crippen molar-refractivity contribution < 1.29 is 14.6 Å². The summed E-state index contributed by atoms with van der Waals surface area (Å²) in [5.41, 5.74) is 5.76. The van der Waals surface area contributed by atoms with Gasteiger partial charge in [-0.15, -0.1) is 0 Å². The van der Waals surface area contributed by atoms with E-state index in [9.17, 15) is 5.11 Å². The van der Waals surface area contributed by atoms with E-state index in [1.165, 1.54) is 0 Å². The zero-order valence-electron chi connectivity index (χ0n) is 11.0. The largest absolute Gasteiger partial charge is 0.496 e. The molecule has 0 radical (unpaired) electrons. The van der Waals surface area contributed by atoms with Crippen molar-refractivity contribution >= 4 is 0 Å². The molecule has 1 aromatic rings. The topological polar surface area (TPSA) is 64.7 Å². The maximum Gasteiger partial charge on any atom is 0.128 e. The summed E-state index contributed by atoms with van der Waals surface area (Å²) in [6.07, 6.45) is 2.92. The summed E-state index contributed by atoms with van der Waals surface area (Å²) < 4.78 is 10.7. The van der Waals surface area contributed by atoms with Crippen LogP contribution in [0.4, 0.5) is 0 Å². The van der Waals surface area contributed by atoms with Gasteiger partial charge in [0.05, 0.1) is 25.4 Å². The van der Waals surface area contributed by atoms with E-state index in [2.05, 4.69) is 0 Å². The first-order chi connectivity index (χ1) is 8.60. The molecule has 0 heterocycles. The van der Waals surface area contributed by atoms with Crippen LogP contribution in [0.15, 0.2) is 18.2 Å². The van der Waals surface area contributed by atoms with Gasteiger partial charge in [-0.3, -0.25) is 0 Å². The molecule has 18 heavy (non-hydrogen) atoms. The highest BCUT2D eigenvalue weighted by Crippen LogP contribution is 2.45. The Kier molecular flexibility index (Phi) is 3.78. The Morgan fingerprint density at radius 3 is 2.11 bits per heavy atom. The first-order valence-corrected chi connectivity index (χ1v) is 6.30. The Morgan fingerprint density at radius 2 is 1.67 bits per heavy atom. The lowest BCUT2D eigenvalue weighted by Gasteiger charge is -2.36. The van der Waals surface area contributed by atoms with E-state index in [0.29, 0.717) is 24.3 Å². The zero-order chi connectivity index (χ0) is 13.2. The smallest absolute Gasteiger partial charge is 0.128 e. The van der Waals surface area contributed by atoms with Crippen LogP contribution in [-0.2, 0) is 5.60 Å². The van der Waals surface area contributed by atoms with E-state index in [1.807, 2.05) is 18.2 Å². The summed E-state index contributed by atoms with van der Waals surface area (Å²) >= 11 is 0. The van der Waals surface area contributed by atoms with Crippen LogP contribution < -0.4 is 15.2 Å². The lowest BCUT2D eigenvalue weighted by atomic mass is 9.77. The van der Waals surface area contributed by atoms with Gasteiger partial charge in [0, 0.05) is 6.04 Å². The van der Waals surface area contributed by atoms with E-state index < -0.39 is 5.60 Å². The standard InChI is InChI=1S/C14H21NO3/c1-17-11-4-3-5-12(18-2)13(11)14(16)8-6-10(15)7-9-14/h3-5,10,16H,6-9,15H2,1-2H3. The Morgan fingerprint density at radius 1 is 1.17 bits per heavy atom. The Hall–Kier alpha value is -1.26. The van der Waals surface area contributed by atoms with E-state index in [1.54, 1.807) is 14.2 Å². The molecule has 0 unspecified atom stereocenters. The van der Waals surface area contributed by atoms with Crippen LogP contribution in [0.2, 0.25) is 0 Å². The molecule has 3 N–H and O–H groups in total. The van der Waals surface area contributed by atoms with Gasteiger partial charge in [0.2, 0.25) is 0 Å². The minimum Gasteiger partial charge on any atom is -0.496 e. The average molecular weight is 251 g/mol. The number of hydrogen-bond acceptors (Lipinski definition) is 4. The molecule has 1 aliphatic carbocycles. The highest BCUT2D eigenvalue weighted by atomic mass is 16.5. The number of hydrogen-bond donors (Lipinski definition) is 2. The number of methoxy groups -OCH3 is 2. The van der Waals surface area contributed by atoms with Crippen LogP contribution in [0.25, 0.3) is 0 Å². The summed E-state index contributed by atoms with van der Waals surface area (Å²) in [4.78, 5) is 0. The third-order valence-electron chi connectivity index (χ3n) is 3.75. The predicted octanol–water partition coefficient (Wildman–Crippen LogP) is 1.79. The van der Waals surface area contributed by atoms with Gasteiger partial charge >= 0.3 is 0 Å². The Balaban J connectivity index is 2.42. The van der Waals surface area contributed by atoms with Crippen LogP contribution in [0.3, 0.4) is 0 Å². The maximum absolute atomic E-state index is 10.9. The fraction of sp³-hybridized carbons (Fsp3) is 0.571. The van der Waals surface area contributed by atoms with Crippen molar-refractivity contribution in [2.24, 2.45) is 5.73 Å². The predicted molar refractivity (Wildman–Crippen MR) is 69.9 cm³/mol. The normalized spacial score (nSPS) is 27.9. The summed E-state index contributed by atoms with van der Waals surface area (Å²) in [6.45, 7) is 0. The van der Waals surface area contributed by atoms with E-state index >= 15 is 0 Å². The van der Waals surface area contributed by atoms with Crippen molar-refractivity contribution in [2.75, 3.05) is 14.2 Å². The second kappa shape index (κ2) is 5.16. The highest BCUT2D eigenvalue weighted by Gasteiger charge is 2.38. The molecule has 1 fully saturated rings. The molecule has 0 amide bonds. The summed E-state index contributed by atoms with van der Waals surface area (Å²) in [5, 5.41) is 10.9. The lowest BCUT2D eigenvalue weighted by Crippen LogP contribution is -2.37. The molecule has 1 saturated carbocycles. The van der Waals surface area contributed by atoms with Crippen molar-refractivity contribution in [3.8, 4) is 11.5 Å². The number of nitrogens with two attached hydrogens (primary N) is 1. The fourth-order valence-corrected chi connectivity index (χ4v) is 2.68. The number of rotatable bonds is 3. The van der Waals surface area contributed by atoms with E-state index in [4.69, 9.17) is 15.2 Å². The van der Waals surface area contributed by atoms with Crippen LogP contribution in [0.5, 0.6) is 11.5 Å². The molecule has 0 atom stereocenters. The molecule has 0 bridgehead atoms. The maximum atomic E-state index is 10.9. The first kappa shape index (κ1) is 13.2. The molecular formula is C14H21NO3. The van der Waals surface area contributed by atoms with E-state index in [-0.39, 0.29) is 6.04 Å². The minimum atomic E-state index is -0.895. The minimum absolute atomic E-state index is 0.186. The second-order valence-electron chi connectivity index (χ2n) is 4.91. The number of aliphatic hydroxyl groups is 1. The molecule has 0 saturated heterocycles. The quantitative estimate of drug-likeness (QED) is 0.859. The zero-order valence-corrected chi connectivity index (χ0v) is 11.0. The van der Waals surface area contributed by atoms with Gasteiger partial charge in [0.1, 0.15) is 11.5 Å². The number of ether oxygens (including phenoxy) is 2. The first-order valence-electron chi connectivity index (χ1n) is 6.30. The molecule has 4 heteroatoms. The van der Waals surface area contributed by atoms with Crippen LogP contribution in [0, 0.1) is 0 Å². The summed E-state index contributed by atoms with van der Waals surface area (Å²) in [5.74, 6) is 1.35. The van der Waals surface area contributed by atoms with Crippen molar-refractivity contribution in [1.82, 2.24) is 0 Å². The Bertz CT molecular complexity index is 389. The van der Waals surface area contributed by atoms with Gasteiger partial charge in [-0.2, -0.15) is 0 Å². The molecule has 2 rings (SSSR count). The molecule has 0 spiro atoms. The average Bonchev–Trinajstić information content (AvgIpc) is 2.41. The molecule has 1 aliphatic rings. The monoisotopic (exact) mass is 251 g/mol. The van der Waals surface area contributed by atoms with Gasteiger partial charge in [0.15, 0.2) is 0 Å².